The highest BCUT2D eigenvalue weighted by molar-refractivity contribution is 5.63. The van der Waals surface area contributed by atoms with Crippen molar-refractivity contribution in [2.75, 3.05) is 11.9 Å². The molecule has 0 bridgehead atoms. The molecule has 1 heterocycles. The van der Waals surface area contributed by atoms with Gasteiger partial charge in [-0.25, -0.2) is 9.97 Å². The fraction of sp³-hybridized carbons (Fsp3) is 0.375. The van der Waals surface area contributed by atoms with Crippen LogP contribution in [0.5, 0.6) is 0 Å². The van der Waals surface area contributed by atoms with Gasteiger partial charge >= 0.3 is 0 Å². The summed E-state index contributed by atoms with van der Waals surface area (Å²) >= 11 is 0. The van der Waals surface area contributed by atoms with Gasteiger partial charge in [0.15, 0.2) is 0 Å². The Morgan fingerprint density at radius 1 is 1.11 bits per heavy atom. The van der Waals surface area contributed by atoms with E-state index in [1.807, 2.05) is 13.0 Å². The molecular formula is C16H21N3. The molecule has 3 nitrogen and oxygen atoms in total. The molecule has 100 valence electrons. The fourth-order valence-electron chi connectivity index (χ4n) is 2.16. The van der Waals surface area contributed by atoms with E-state index >= 15 is 0 Å². The number of hydrogen-bond donors (Lipinski definition) is 1. The van der Waals surface area contributed by atoms with Gasteiger partial charge in [0.25, 0.3) is 0 Å². The Hall–Kier alpha value is -1.90. The second kappa shape index (κ2) is 6.32. The first-order chi connectivity index (χ1) is 9.22. The van der Waals surface area contributed by atoms with Gasteiger partial charge in [-0.05, 0) is 31.9 Å². The summed E-state index contributed by atoms with van der Waals surface area (Å²) in [5.74, 6) is 1.69. The van der Waals surface area contributed by atoms with E-state index < -0.39 is 0 Å². The molecule has 0 aliphatic rings. The zero-order valence-corrected chi connectivity index (χ0v) is 11.9. The second-order valence-electron chi connectivity index (χ2n) is 4.67. The van der Waals surface area contributed by atoms with E-state index in [0.29, 0.717) is 0 Å². The molecule has 3 heteroatoms. The lowest BCUT2D eigenvalue weighted by Crippen LogP contribution is -2.02. The van der Waals surface area contributed by atoms with Crippen molar-refractivity contribution in [3.63, 3.8) is 0 Å². The maximum Gasteiger partial charge on any atom is 0.130 e. The standard InChI is InChI=1S/C16H21N3/c1-4-7-13-8-6-9-14(10-13)15-11-16(17-5-2)19-12(3)18-15/h6,8-11H,4-5,7H2,1-3H3,(H,17,18,19). The van der Waals surface area contributed by atoms with Gasteiger partial charge in [-0.3, -0.25) is 0 Å². The number of rotatable bonds is 5. The van der Waals surface area contributed by atoms with Crippen molar-refractivity contribution in [2.24, 2.45) is 0 Å². The summed E-state index contributed by atoms with van der Waals surface area (Å²) in [6.07, 6.45) is 2.27. The first-order valence-electron chi connectivity index (χ1n) is 6.91. The van der Waals surface area contributed by atoms with Gasteiger partial charge in [-0.2, -0.15) is 0 Å². The summed E-state index contributed by atoms with van der Waals surface area (Å²) < 4.78 is 0. The zero-order chi connectivity index (χ0) is 13.7. The summed E-state index contributed by atoms with van der Waals surface area (Å²) in [6.45, 7) is 7.07. The third-order valence-corrected chi connectivity index (χ3v) is 2.96. The molecule has 0 amide bonds. The smallest absolute Gasteiger partial charge is 0.130 e. The minimum Gasteiger partial charge on any atom is -0.370 e. The average Bonchev–Trinajstić information content (AvgIpc) is 2.39. The van der Waals surface area contributed by atoms with Crippen molar-refractivity contribution in [3.05, 3.63) is 41.7 Å². The van der Waals surface area contributed by atoms with E-state index in [0.717, 1.165) is 42.3 Å². The normalized spacial score (nSPS) is 10.5. The average molecular weight is 255 g/mol. The number of anilines is 1. The van der Waals surface area contributed by atoms with Crippen LogP contribution in [0.25, 0.3) is 11.3 Å². The van der Waals surface area contributed by atoms with Crippen molar-refractivity contribution in [2.45, 2.75) is 33.6 Å². The molecule has 1 aromatic heterocycles. The molecule has 0 fully saturated rings. The number of hydrogen-bond acceptors (Lipinski definition) is 3. The number of nitrogens with zero attached hydrogens (tertiary/aromatic N) is 2. The third-order valence-electron chi connectivity index (χ3n) is 2.96. The van der Waals surface area contributed by atoms with Crippen molar-refractivity contribution in [1.82, 2.24) is 9.97 Å². The Labute approximate surface area is 115 Å². The van der Waals surface area contributed by atoms with Crippen LogP contribution in [0.1, 0.15) is 31.7 Å². The van der Waals surface area contributed by atoms with E-state index in [2.05, 4.69) is 53.4 Å². The Bertz CT molecular complexity index is 549. The van der Waals surface area contributed by atoms with Crippen molar-refractivity contribution in [3.8, 4) is 11.3 Å². The van der Waals surface area contributed by atoms with E-state index in [1.165, 1.54) is 5.56 Å². The second-order valence-corrected chi connectivity index (χ2v) is 4.67. The topological polar surface area (TPSA) is 37.8 Å². The molecule has 0 unspecified atom stereocenters. The van der Waals surface area contributed by atoms with Crippen LogP contribution in [0.3, 0.4) is 0 Å². The van der Waals surface area contributed by atoms with Gasteiger partial charge in [-0.15, -0.1) is 0 Å². The van der Waals surface area contributed by atoms with Crippen molar-refractivity contribution < 1.29 is 0 Å². The molecule has 0 spiro atoms. The Kier molecular flexibility index (Phi) is 4.50. The predicted molar refractivity (Wildman–Crippen MR) is 80.4 cm³/mol. The molecular weight excluding hydrogens is 234 g/mol. The van der Waals surface area contributed by atoms with Crippen LogP contribution in [0, 0.1) is 6.92 Å². The van der Waals surface area contributed by atoms with E-state index in [1.54, 1.807) is 0 Å². The highest BCUT2D eigenvalue weighted by Gasteiger charge is 2.04. The molecule has 2 aromatic rings. The van der Waals surface area contributed by atoms with Crippen molar-refractivity contribution >= 4 is 5.82 Å². The maximum absolute atomic E-state index is 4.54. The summed E-state index contributed by atoms with van der Waals surface area (Å²) in [6, 6.07) is 10.6. The fourth-order valence-corrected chi connectivity index (χ4v) is 2.16. The number of nitrogens with one attached hydrogen (secondary N) is 1. The van der Waals surface area contributed by atoms with Gasteiger partial charge < -0.3 is 5.32 Å². The minimum absolute atomic E-state index is 0.800. The van der Waals surface area contributed by atoms with Crippen LogP contribution in [0.4, 0.5) is 5.82 Å². The highest BCUT2D eigenvalue weighted by Crippen LogP contribution is 2.21. The minimum atomic E-state index is 0.800. The first-order valence-corrected chi connectivity index (χ1v) is 6.91. The quantitative estimate of drug-likeness (QED) is 0.882. The van der Waals surface area contributed by atoms with Gasteiger partial charge in [0, 0.05) is 18.2 Å². The van der Waals surface area contributed by atoms with Gasteiger partial charge in [0.05, 0.1) is 5.69 Å². The third kappa shape index (κ3) is 3.53. The lowest BCUT2D eigenvalue weighted by molar-refractivity contribution is 0.922. The Balaban J connectivity index is 2.37. The highest BCUT2D eigenvalue weighted by atomic mass is 15.0. The van der Waals surface area contributed by atoms with E-state index in [9.17, 15) is 0 Å². The molecule has 0 atom stereocenters. The molecule has 0 aliphatic heterocycles. The van der Waals surface area contributed by atoms with Gasteiger partial charge in [0.1, 0.15) is 11.6 Å². The zero-order valence-electron chi connectivity index (χ0n) is 11.9. The maximum atomic E-state index is 4.54. The molecule has 1 aromatic carbocycles. The summed E-state index contributed by atoms with van der Waals surface area (Å²) in [4.78, 5) is 8.92. The Morgan fingerprint density at radius 3 is 2.68 bits per heavy atom. The Morgan fingerprint density at radius 2 is 1.95 bits per heavy atom. The van der Waals surface area contributed by atoms with Crippen LogP contribution in [-0.2, 0) is 6.42 Å². The summed E-state index contributed by atoms with van der Waals surface area (Å²) in [7, 11) is 0. The molecule has 0 saturated carbocycles. The van der Waals surface area contributed by atoms with Crippen LogP contribution in [0.2, 0.25) is 0 Å². The first kappa shape index (κ1) is 13.5. The van der Waals surface area contributed by atoms with Gasteiger partial charge in [-0.1, -0.05) is 31.5 Å². The van der Waals surface area contributed by atoms with Gasteiger partial charge in [0.2, 0.25) is 0 Å². The van der Waals surface area contributed by atoms with Crippen molar-refractivity contribution in [1.29, 1.82) is 0 Å². The predicted octanol–water partition coefficient (Wildman–Crippen LogP) is 3.84. The number of aryl methyl sites for hydroxylation is 2. The number of benzene rings is 1. The molecule has 1 N–H and O–H groups in total. The van der Waals surface area contributed by atoms with Crippen LogP contribution >= 0.6 is 0 Å². The monoisotopic (exact) mass is 255 g/mol. The largest absolute Gasteiger partial charge is 0.370 e. The number of aromatic nitrogens is 2. The molecule has 0 radical (unpaired) electrons. The van der Waals surface area contributed by atoms with Crippen LogP contribution < -0.4 is 5.32 Å². The molecule has 19 heavy (non-hydrogen) atoms. The van der Waals surface area contributed by atoms with E-state index in [-0.39, 0.29) is 0 Å². The summed E-state index contributed by atoms with van der Waals surface area (Å²) in [5, 5.41) is 3.25. The van der Waals surface area contributed by atoms with E-state index in [4.69, 9.17) is 0 Å². The molecule has 0 saturated heterocycles. The molecule has 0 aliphatic carbocycles. The molecule has 2 rings (SSSR count). The van der Waals surface area contributed by atoms with Crippen LogP contribution in [-0.4, -0.2) is 16.5 Å². The lowest BCUT2D eigenvalue weighted by Gasteiger charge is -2.08. The lowest BCUT2D eigenvalue weighted by atomic mass is 10.0. The van der Waals surface area contributed by atoms with Crippen LogP contribution in [0.15, 0.2) is 30.3 Å². The summed E-state index contributed by atoms with van der Waals surface area (Å²) in [5.41, 5.74) is 3.51. The SMILES string of the molecule is CCCc1cccc(-c2cc(NCC)nc(C)n2)c1.